The summed E-state index contributed by atoms with van der Waals surface area (Å²) < 4.78 is 6.62. The van der Waals surface area contributed by atoms with Gasteiger partial charge in [-0.3, -0.25) is 9.20 Å². The minimum Gasteiger partial charge on any atom is -0.465 e. The highest BCUT2D eigenvalue weighted by molar-refractivity contribution is 8.00. The van der Waals surface area contributed by atoms with Crippen molar-refractivity contribution < 1.29 is 14.3 Å². The van der Waals surface area contributed by atoms with Gasteiger partial charge < -0.3 is 9.72 Å². The summed E-state index contributed by atoms with van der Waals surface area (Å²) in [6, 6.07) is 5.62. The number of aromatic amines is 1. The minimum atomic E-state index is -0.450. The Bertz CT molecular complexity index is 960. The maximum atomic E-state index is 12.8. The average Bonchev–Trinajstić information content (AvgIpc) is 3.14. The number of hydrogen-bond donors (Lipinski definition) is 1. The number of ketones is 1. The molecule has 1 unspecified atom stereocenters. The van der Waals surface area contributed by atoms with E-state index in [1.54, 1.807) is 13.8 Å². The van der Waals surface area contributed by atoms with Crippen LogP contribution in [0.15, 0.2) is 29.6 Å². The molecule has 0 saturated carbocycles. The highest BCUT2D eigenvalue weighted by Gasteiger charge is 2.26. The molecule has 1 atom stereocenters. The molecule has 130 valence electrons. The number of aromatic nitrogens is 4. The van der Waals surface area contributed by atoms with Crippen molar-refractivity contribution in [3.05, 3.63) is 46.9 Å². The molecule has 3 heterocycles. The smallest absolute Gasteiger partial charge is 0.339 e. The number of thioether (sulfide) groups is 1. The molecule has 0 amide bonds. The zero-order valence-electron chi connectivity index (χ0n) is 14.4. The van der Waals surface area contributed by atoms with Crippen molar-refractivity contribution in [2.45, 2.75) is 31.2 Å². The highest BCUT2D eigenvalue weighted by atomic mass is 32.2. The van der Waals surface area contributed by atoms with Crippen molar-refractivity contribution in [2.24, 2.45) is 0 Å². The van der Waals surface area contributed by atoms with E-state index in [1.807, 2.05) is 35.7 Å². The molecule has 0 spiro atoms. The molecular formula is C17H18N4O3S. The molecule has 3 aromatic rings. The molecule has 0 aliphatic rings. The summed E-state index contributed by atoms with van der Waals surface area (Å²) in [5, 5.41) is 8.47. The highest BCUT2D eigenvalue weighted by Crippen LogP contribution is 2.27. The average molecular weight is 358 g/mol. The van der Waals surface area contributed by atoms with Gasteiger partial charge in [0.15, 0.2) is 16.6 Å². The van der Waals surface area contributed by atoms with Gasteiger partial charge in [0.1, 0.15) is 0 Å². The molecule has 3 rings (SSSR count). The quantitative estimate of drug-likeness (QED) is 0.428. The predicted octanol–water partition coefficient (Wildman–Crippen LogP) is 2.82. The van der Waals surface area contributed by atoms with Gasteiger partial charge in [0.05, 0.1) is 23.6 Å². The van der Waals surface area contributed by atoms with Crippen LogP contribution in [-0.4, -0.2) is 43.7 Å². The first-order chi connectivity index (χ1) is 11.9. The van der Waals surface area contributed by atoms with Crippen LogP contribution in [0.2, 0.25) is 0 Å². The number of nitrogens with zero attached hydrogens (tertiary/aromatic N) is 3. The molecule has 7 nitrogen and oxygen atoms in total. The van der Waals surface area contributed by atoms with Crippen molar-refractivity contribution in [1.82, 2.24) is 19.6 Å². The molecule has 8 heteroatoms. The van der Waals surface area contributed by atoms with Crippen LogP contribution < -0.4 is 0 Å². The van der Waals surface area contributed by atoms with Crippen molar-refractivity contribution in [1.29, 1.82) is 0 Å². The van der Waals surface area contributed by atoms with Gasteiger partial charge in [0.25, 0.3) is 0 Å². The van der Waals surface area contributed by atoms with E-state index in [0.29, 0.717) is 27.7 Å². The number of carbonyl (C=O) groups excluding carboxylic acids is 2. The topological polar surface area (TPSA) is 89.4 Å². The third-order valence-electron chi connectivity index (χ3n) is 4.01. The number of hydrogen-bond acceptors (Lipinski definition) is 6. The Morgan fingerprint density at radius 3 is 2.76 bits per heavy atom. The van der Waals surface area contributed by atoms with Gasteiger partial charge in [-0.05, 0) is 38.5 Å². The zero-order valence-corrected chi connectivity index (χ0v) is 15.2. The Hall–Kier alpha value is -2.61. The van der Waals surface area contributed by atoms with Crippen LogP contribution in [0.3, 0.4) is 0 Å². The molecule has 0 bridgehead atoms. The van der Waals surface area contributed by atoms with Crippen molar-refractivity contribution in [3.63, 3.8) is 0 Å². The zero-order chi connectivity index (χ0) is 18.1. The molecule has 0 aliphatic carbocycles. The lowest BCUT2D eigenvalue weighted by atomic mass is 10.1. The lowest BCUT2D eigenvalue weighted by molar-refractivity contribution is 0.0599. The lowest BCUT2D eigenvalue weighted by Gasteiger charge is -2.09. The molecule has 1 N–H and O–H groups in total. The number of Topliss-reactive ketones (excluding diaryl/α,β-unsaturated/α-hetero) is 1. The number of rotatable bonds is 5. The third kappa shape index (κ3) is 3.05. The SMILES string of the molecule is COC(=O)c1c(C)[nH]c(C(=O)C(C)Sc2nnc3ccccn23)c1C. The number of H-pyrrole nitrogens is 1. The number of esters is 1. The number of nitrogens with one attached hydrogen (secondary N) is 1. The Morgan fingerprint density at radius 2 is 2.04 bits per heavy atom. The van der Waals surface area contributed by atoms with E-state index in [-0.39, 0.29) is 5.78 Å². The Kier molecular flexibility index (Phi) is 4.63. The summed E-state index contributed by atoms with van der Waals surface area (Å²) in [6.07, 6.45) is 1.86. The first-order valence-corrected chi connectivity index (χ1v) is 8.60. The van der Waals surface area contributed by atoms with Crippen molar-refractivity contribution in [2.75, 3.05) is 7.11 Å². The number of aryl methyl sites for hydroxylation is 1. The number of methoxy groups -OCH3 is 1. The van der Waals surface area contributed by atoms with E-state index in [4.69, 9.17) is 4.74 Å². The van der Waals surface area contributed by atoms with Gasteiger partial charge in [-0.2, -0.15) is 0 Å². The fraction of sp³-hybridized carbons (Fsp3) is 0.294. The summed E-state index contributed by atoms with van der Waals surface area (Å²) in [5.41, 5.74) is 2.79. The van der Waals surface area contributed by atoms with Crippen LogP contribution in [0.1, 0.15) is 39.0 Å². The van der Waals surface area contributed by atoms with Gasteiger partial charge in [-0.25, -0.2) is 4.79 Å². The Morgan fingerprint density at radius 1 is 1.28 bits per heavy atom. The fourth-order valence-electron chi connectivity index (χ4n) is 2.72. The summed E-state index contributed by atoms with van der Waals surface area (Å²) in [4.78, 5) is 27.7. The summed E-state index contributed by atoms with van der Waals surface area (Å²) in [6.45, 7) is 5.30. The maximum Gasteiger partial charge on any atom is 0.339 e. The lowest BCUT2D eigenvalue weighted by Crippen LogP contribution is -2.16. The van der Waals surface area contributed by atoms with Gasteiger partial charge in [0.2, 0.25) is 0 Å². The summed E-state index contributed by atoms with van der Waals surface area (Å²) >= 11 is 1.32. The molecule has 0 radical (unpaired) electrons. The molecule has 25 heavy (non-hydrogen) atoms. The van der Waals surface area contributed by atoms with Gasteiger partial charge in [-0.1, -0.05) is 17.8 Å². The summed E-state index contributed by atoms with van der Waals surface area (Å²) in [5.74, 6) is -0.553. The van der Waals surface area contributed by atoms with Gasteiger partial charge in [0, 0.05) is 11.9 Å². The van der Waals surface area contributed by atoms with Crippen LogP contribution >= 0.6 is 11.8 Å². The minimum absolute atomic E-state index is 0.103. The van der Waals surface area contributed by atoms with E-state index in [1.165, 1.54) is 18.9 Å². The van der Waals surface area contributed by atoms with Crippen LogP contribution in [-0.2, 0) is 4.74 Å². The van der Waals surface area contributed by atoms with E-state index in [2.05, 4.69) is 15.2 Å². The third-order valence-corrected chi connectivity index (χ3v) is 5.06. The largest absolute Gasteiger partial charge is 0.465 e. The maximum absolute atomic E-state index is 12.8. The standard InChI is InChI=1S/C17H18N4O3S/c1-9-13(16(23)24-4)10(2)18-14(9)15(22)11(3)25-17-20-19-12-7-5-6-8-21(12)17/h5-8,11,18H,1-4H3. The fourth-order valence-corrected chi connectivity index (χ4v) is 3.62. The van der Waals surface area contributed by atoms with E-state index < -0.39 is 11.2 Å². The van der Waals surface area contributed by atoms with E-state index in [9.17, 15) is 9.59 Å². The van der Waals surface area contributed by atoms with E-state index in [0.717, 1.165) is 5.65 Å². The van der Waals surface area contributed by atoms with Crippen molar-refractivity contribution >= 4 is 29.2 Å². The predicted molar refractivity (Wildman–Crippen MR) is 94.2 cm³/mol. The Balaban J connectivity index is 1.87. The Labute approximate surface area is 148 Å². The second-order valence-corrected chi connectivity index (χ2v) is 6.96. The van der Waals surface area contributed by atoms with Crippen molar-refractivity contribution in [3.8, 4) is 0 Å². The number of ether oxygens (including phenoxy) is 1. The monoisotopic (exact) mass is 358 g/mol. The van der Waals surface area contributed by atoms with Crippen LogP contribution in [0, 0.1) is 13.8 Å². The second-order valence-electron chi connectivity index (χ2n) is 5.65. The number of pyridine rings is 1. The van der Waals surface area contributed by atoms with Crippen LogP contribution in [0.4, 0.5) is 0 Å². The van der Waals surface area contributed by atoms with Gasteiger partial charge in [-0.15, -0.1) is 10.2 Å². The van der Waals surface area contributed by atoms with Gasteiger partial charge >= 0.3 is 5.97 Å². The van der Waals surface area contributed by atoms with E-state index >= 15 is 0 Å². The second kappa shape index (κ2) is 6.72. The molecular weight excluding hydrogens is 340 g/mol. The molecule has 3 aromatic heterocycles. The number of fused-ring (bicyclic) bond motifs is 1. The number of carbonyl (C=O) groups is 2. The summed E-state index contributed by atoms with van der Waals surface area (Å²) in [7, 11) is 1.32. The first kappa shape index (κ1) is 17.2. The first-order valence-electron chi connectivity index (χ1n) is 7.72. The molecule has 0 fully saturated rings. The molecule has 0 saturated heterocycles. The molecule has 0 aliphatic heterocycles. The van der Waals surface area contributed by atoms with Crippen LogP contribution in [0.25, 0.3) is 5.65 Å². The van der Waals surface area contributed by atoms with Crippen LogP contribution in [0.5, 0.6) is 0 Å². The molecule has 0 aromatic carbocycles. The normalized spacial score (nSPS) is 12.3.